The summed E-state index contributed by atoms with van der Waals surface area (Å²) in [6.07, 6.45) is 3.01. The van der Waals surface area contributed by atoms with Gasteiger partial charge in [-0.05, 0) is 18.8 Å². The van der Waals surface area contributed by atoms with Crippen LogP contribution in [0, 0.1) is 5.92 Å². The highest BCUT2D eigenvalue weighted by molar-refractivity contribution is 5.75. The van der Waals surface area contributed by atoms with Gasteiger partial charge in [-0.25, -0.2) is 0 Å². The van der Waals surface area contributed by atoms with Crippen LogP contribution in [0.25, 0.3) is 0 Å². The maximum absolute atomic E-state index is 11.1. The minimum absolute atomic E-state index is 0.0319. The molecule has 1 atom stereocenters. The lowest BCUT2D eigenvalue weighted by atomic mass is 9.96. The van der Waals surface area contributed by atoms with Gasteiger partial charge in [0.05, 0.1) is 0 Å². The third-order valence-corrected chi connectivity index (χ3v) is 2.59. The first-order chi connectivity index (χ1) is 7.60. The molecule has 4 N–H and O–H groups in total. The fourth-order valence-electron chi connectivity index (χ4n) is 1.52. The molecule has 0 aromatic rings. The van der Waals surface area contributed by atoms with Crippen LogP contribution in [0.15, 0.2) is 0 Å². The summed E-state index contributed by atoms with van der Waals surface area (Å²) in [5.74, 6) is -0.421. The number of hydrogen-bond acceptors (Lipinski definition) is 3. The Morgan fingerprint density at radius 3 is 2.50 bits per heavy atom. The SMILES string of the molecule is CCC(CCNC(=O)CCN)CCC(=O)O. The highest BCUT2D eigenvalue weighted by atomic mass is 16.4. The molecule has 0 fully saturated rings. The molecule has 0 aromatic carbocycles. The molecule has 0 heterocycles. The Morgan fingerprint density at radius 2 is 2.00 bits per heavy atom. The molecule has 1 amide bonds. The maximum atomic E-state index is 11.1. The standard InChI is InChI=1S/C11H22N2O3/c1-2-9(3-4-11(15)16)6-8-13-10(14)5-7-12/h9H,2-8,12H2,1H3,(H,13,14)(H,15,16). The molecule has 0 saturated carbocycles. The molecule has 0 bridgehead atoms. The van der Waals surface area contributed by atoms with E-state index in [9.17, 15) is 9.59 Å². The number of aliphatic carboxylic acids is 1. The number of nitrogens with two attached hydrogens (primary N) is 1. The van der Waals surface area contributed by atoms with Gasteiger partial charge in [-0.2, -0.15) is 0 Å². The Labute approximate surface area is 96.4 Å². The topological polar surface area (TPSA) is 92.4 Å². The molecular weight excluding hydrogens is 208 g/mol. The van der Waals surface area contributed by atoms with Gasteiger partial charge in [0, 0.05) is 25.9 Å². The van der Waals surface area contributed by atoms with E-state index in [1.807, 2.05) is 6.92 Å². The van der Waals surface area contributed by atoms with Crippen molar-refractivity contribution in [1.29, 1.82) is 0 Å². The molecule has 16 heavy (non-hydrogen) atoms. The number of rotatable bonds is 9. The largest absolute Gasteiger partial charge is 0.481 e. The average molecular weight is 230 g/mol. The summed E-state index contributed by atoms with van der Waals surface area (Å²) in [5.41, 5.74) is 5.24. The first-order valence-electron chi connectivity index (χ1n) is 5.78. The minimum atomic E-state index is -0.759. The first-order valence-corrected chi connectivity index (χ1v) is 5.78. The first kappa shape index (κ1) is 14.9. The Bertz CT molecular complexity index is 219. The molecule has 0 aliphatic heterocycles. The number of amides is 1. The van der Waals surface area contributed by atoms with E-state index in [4.69, 9.17) is 10.8 Å². The van der Waals surface area contributed by atoms with Crippen molar-refractivity contribution in [2.24, 2.45) is 11.7 Å². The maximum Gasteiger partial charge on any atom is 0.303 e. The molecule has 94 valence electrons. The van der Waals surface area contributed by atoms with Gasteiger partial charge >= 0.3 is 5.97 Å². The van der Waals surface area contributed by atoms with Crippen LogP contribution in [-0.2, 0) is 9.59 Å². The van der Waals surface area contributed by atoms with Crippen molar-refractivity contribution in [2.45, 2.75) is 39.0 Å². The van der Waals surface area contributed by atoms with Crippen LogP contribution in [0.3, 0.4) is 0 Å². The van der Waals surface area contributed by atoms with Crippen LogP contribution in [-0.4, -0.2) is 30.1 Å². The number of nitrogens with one attached hydrogen (secondary N) is 1. The molecule has 5 heteroatoms. The molecule has 0 saturated heterocycles. The number of carboxylic acids is 1. The van der Waals surface area contributed by atoms with Crippen LogP contribution in [0.1, 0.15) is 39.0 Å². The smallest absolute Gasteiger partial charge is 0.303 e. The van der Waals surface area contributed by atoms with Crippen LogP contribution in [0.5, 0.6) is 0 Å². The van der Waals surface area contributed by atoms with Crippen molar-refractivity contribution in [3.8, 4) is 0 Å². The summed E-state index contributed by atoms with van der Waals surface area (Å²) < 4.78 is 0. The van der Waals surface area contributed by atoms with Crippen molar-refractivity contribution in [3.05, 3.63) is 0 Å². The van der Waals surface area contributed by atoms with Gasteiger partial charge in [0.1, 0.15) is 0 Å². The second-order valence-electron chi connectivity index (χ2n) is 3.88. The van der Waals surface area contributed by atoms with E-state index in [2.05, 4.69) is 5.32 Å². The fraction of sp³-hybridized carbons (Fsp3) is 0.818. The molecule has 5 nitrogen and oxygen atoms in total. The molecule has 0 radical (unpaired) electrons. The summed E-state index contributed by atoms with van der Waals surface area (Å²) in [5, 5.41) is 11.3. The van der Waals surface area contributed by atoms with Crippen molar-refractivity contribution in [2.75, 3.05) is 13.1 Å². The highest BCUT2D eigenvalue weighted by Crippen LogP contribution is 2.14. The minimum Gasteiger partial charge on any atom is -0.481 e. The Balaban J connectivity index is 3.62. The third kappa shape index (κ3) is 8.23. The van der Waals surface area contributed by atoms with E-state index < -0.39 is 5.97 Å². The van der Waals surface area contributed by atoms with Crippen LogP contribution >= 0.6 is 0 Å². The van der Waals surface area contributed by atoms with Crippen LogP contribution in [0.2, 0.25) is 0 Å². The molecule has 0 spiro atoms. The monoisotopic (exact) mass is 230 g/mol. The summed E-state index contributed by atoms with van der Waals surface area (Å²) in [6.45, 7) is 3.01. The molecule has 0 aliphatic carbocycles. The fourth-order valence-corrected chi connectivity index (χ4v) is 1.52. The summed E-state index contributed by atoms with van der Waals surface area (Å²) in [6, 6.07) is 0. The molecule has 0 aromatic heterocycles. The van der Waals surface area contributed by atoms with Gasteiger partial charge in [0.15, 0.2) is 0 Å². The second kappa shape index (κ2) is 9.15. The average Bonchev–Trinajstić information content (AvgIpc) is 2.23. The van der Waals surface area contributed by atoms with Gasteiger partial charge in [-0.3, -0.25) is 9.59 Å². The third-order valence-electron chi connectivity index (χ3n) is 2.59. The van der Waals surface area contributed by atoms with Crippen molar-refractivity contribution >= 4 is 11.9 Å². The normalized spacial score (nSPS) is 12.1. The van der Waals surface area contributed by atoms with Gasteiger partial charge in [-0.15, -0.1) is 0 Å². The zero-order chi connectivity index (χ0) is 12.4. The Kier molecular flexibility index (Phi) is 8.52. The molecule has 0 aliphatic rings. The number of carbonyl (C=O) groups excluding carboxylic acids is 1. The van der Waals surface area contributed by atoms with E-state index in [0.29, 0.717) is 31.8 Å². The van der Waals surface area contributed by atoms with Crippen molar-refractivity contribution in [3.63, 3.8) is 0 Å². The van der Waals surface area contributed by atoms with E-state index >= 15 is 0 Å². The van der Waals surface area contributed by atoms with E-state index in [1.54, 1.807) is 0 Å². The highest BCUT2D eigenvalue weighted by Gasteiger charge is 2.09. The van der Waals surface area contributed by atoms with Gasteiger partial charge < -0.3 is 16.2 Å². The Morgan fingerprint density at radius 1 is 1.31 bits per heavy atom. The second-order valence-corrected chi connectivity index (χ2v) is 3.88. The quantitative estimate of drug-likeness (QED) is 0.544. The predicted molar refractivity (Wildman–Crippen MR) is 61.9 cm³/mol. The summed E-state index contributed by atoms with van der Waals surface area (Å²) >= 11 is 0. The van der Waals surface area contributed by atoms with Crippen LogP contribution in [0.4, 0.5) is 0 Å². The lowest BCUT2D eigenvalue weighted by molar-refractivity contribution is -0.137. The van der Waals surface area contributed by atoms with Gasteiger partial charge in [0.2, 0.25) is 5.91 Å². The number of carbonyl (C=O) groups is 2. The van der Waals surface area contributed by atoms with Gasteiger partial charge in [-0.1, -0.05) is 13.3 Å². The predicted octanol–water partition coefficient (Wildman–Crippen LogP) is 0.733. The van der Waals surface area contributed by atoms with Crippen molar-refractivity contribution < 1.29 is 14.7 Å². The van der Waals surface area contributed by atoms with E-state index in [1.165, 1.54) is 0 Å². The Hall–Kier alpha value is -1.10. The summed E-state index contributed by atoms with van der Waals surface area (Å²) in [4.78, 5) is 21.5. The van der Waals surface area contributed by atoms with E-state index in [-0.39, 0.29) is 12.3 Å². The zero-order valence-electron chi connectivity index (χ0n) is 9.87. The molecule has 0 rings (SSSR count). The van der Waals surface area contributed by atoms with Gasteiger partial charge in [0.25, 0.3) is 0 Å². The lowest BCUT2D eigenvalue weighted by Crippen LogP contribution is -2.27. The van der Waals surface area contributed by atoms with Crippen LogP contribution < -0.4 is 11.1 Å². The molecular formula is C11H22N2O3. The lowest BCUT2D eigenvalue weighted by Gasteiger charge is -2.13. The number of hydrogen-bond donors (Lipinski definition) is 3. The number of carboxylic acid groups (broad SMARTS) is 1. The molecule has 1 unspecified atom stereocenters. The van der Waals surface area contributed by atoms with E-state index in [0.717, 1.165) is 12.8 Å². The zero-order valence-corrected chi connectivity index (χ0v) is 9.87. The summed E-state index contributed by atoms with van der Waals surface area (Å²) in [7, 11) is 0. The van der Waals surface area contributed by atoms with Crippen molar-refractivity contribution in [1.82, 2.24) is 5.32 Å².